The van der Waals surface area contributed by atoms with Crippen LogP contribution >= 0.6 is 0 Å². The zero-order valence-electron chi connectivity index (χ0n) is 11.1. The lowest BCUT2D eigenvalue weighted by Gasteiger charge is -2.42. The number of hydrogen-bond acceptors (Lipinski definition) is 1. The quantitative estimate of drug-likeness (QED) is 0.698. The van der Waals surface area contributed by atoms with E-state index >= 15 is 0 Å². The summed E-state index contributed by atoms with van der Waals surface area (Å²) in [6.45, 7) is 11.4. The third-order valence-electron chi connectivity index (χ3n) is 3.84. The second kappa shape index (κ2) is 4.30. The molecule has 0 saturated carbocycles. The van der Waals surface area contributed by atoms with E-state index in [-0.39, 0.29) is 11.0 Å². The van der Waals surface area contributed by atoms with Crippen molar-refractivity contribution in [2.75, 3.05) is 0 Å². The van der Waals surface area contributed by atoms with Gasteiger partial charge in [0.1, 0.15) is 0 Å². The first-order valence-corrected chi connectivity index (χ1v) is 6.34. The Morgan fingerprint density at radius 3 is 2.71 bits per heavy atom. The van der Waals surface area contributed by atoms with Crippen molar-refractivity contribution >= 4 is 0 Å². The summed E-state index contributed by atoms with van der Waals surface area (Å²) in [6, 6.07) is 8.60. The summed E-state index contributed by atoms with van der Waals surface area (Å²) in [4.78, 5) is 0. The van der Waals surface area contributed by atoms with Crippen molar-refractivity contribution in [2.45, 2.75) is 45.8 Å². The maximum Gasteiger partial charge on any atom is 0.0990 e. The summed E-state index contributed by atoms with van der Waals surface area (Å²) in [5, 5.41) is 0. The fourth-order valence-corrected chi connectivity index (χ4v) is 2.83. The van der Waals surface area contributed by atoms with Crippen LogP contribution in [0.3, 0.4) is 0 Å². The molecule has 1 nitrogen and oxygen atoms in total. The van der Waals surface area contributed by atoms with Gasteiger partial charge in [-0.15, -0.1) is 6.58 Å². The van der Waals surface area contributed by atoms with Crippen LogP contribution in [0.2, 0.25) is 0 Å². The average molecular weight is 230 g/mol. The molecule has 0 spiro atoms. The van der Waals surface area contributed by atoms with Crippen LogP contribution in [-0.2, 0) is 16.9 Å². The molecule has 0 bridgehead atoms. The molecule has 1 unspecified atom stereocenters. The lowest BCUT2D eigenvalue weighted by Crippen LogP contribution is -2.39. The minimum Gasteiger partial charge on any atom is -0.365 e. The third-order valence-corrected chi connectivity index (χ3v) is 3.84. The smallest absolute Gasteiger partial charge is 0.0990 e. The van der Waals surface area contributed by atoms with E-state index in [1.165, 1.54) is 11.1 Å². The highest BCUT2D eigenvalue weighted by Gasteiger charge is 2.48. The summed E-state index contributed by atoms with van der Waals surface area (Å²) in [6.07, 6.45) is 3.99. The van der Waals surface area contributed by atoms with E-state index in [2.05, 4.69) is 51.6 Å². The Balaban J connectivity index is 2.47. The topological polar surface area (TPSA) is 9.23 Å². The van der Waals surface area contributed by atoms with Gasteiger partial charge in [0.2, 0.25) is 0 Å². The molecule has 1 heteroatoms. The number of hydrogen-bond donors (Lipinski definition) is 0. The number of rotatable bonds is 3. The predicted molar refractivity (Wildman–Crippen MR) is 71.8 cm³/mol. The number of allylic oxidation sites excluding steroid dienone is 1. The van der Waals surface area contributed by atoms with Gasteiger partial charge in [0, 0.05) is 0 Å². The zero-order chi connectivity index (χ0) is 12.5. The minimum atomic E-state index is -0.155. The van der Waals surface area contributed by atoms with Crippen LogP contribution in [0.15, 0.2) is 36.9 Å². The zero-order valence-corrected chi connectivity index (χ0v) is 11.1. The summed E-state index contributed by atoms with van der Waals surface area (Å²) >= 11 is 0. The van der Waals surface area contributed by atoms with Crippen molar-refractivity contribution in [3.8, 4) is 0 Å². The van der Waals surface area contributed by atoms with Gasteiger partial charge in [-0.25, -0.2) is 0 Å². The molecule has 0 N–H and O–H groups in total. The molecule has 0 fully saturated rings. The molecule has 17 heavy (non-hydrogen) atoms. The fraction of sp³-hybridized carbons (Fsp3) is 0.500. The predicted octanol–water partition coefficient (Wildman–Crippen LogP) is 4.42. The summed E-state index contributed by atoms with van der Waals surface area (Å²) < 4.78 is 6.23. The maximum atomic E-state index is 6.23. The van der Waals surface area contributed by atoms with Gasteiger partial charge in [0.15, 0.2) is 0 Å². The third kappa shape index (κ3) is 1.93. The number of benzene rings is 1. The molecular weight excluding hydrogens is 208 g/mol. The van der Waals surface area contributed by atoms with Gasteiger partial charge in [-0.1, -0.05) is 51.1 Å². The van der Waals surface area contributed by atoms with Gasteiger partial charge in [0.05, 0.1) is 12.2 Å². The van der Waals surface area contributed by atoms with Crippen LogP contribution in [0, 0.1) is 5.41 Å². The Labute approximate surface area is 104 Å². The molecule has 1 aromatic rings. The van der Waals surface area contributed by atoms with E-state index in [9.17, 15) is 0 Å². The van der Waals surface area contributed by atoms with Crippen molar-refractivity contribution in [1.82, 2.24) is 0 Å². The van der Waals surface area contributed by atoms with E-state index in [4.69, 9.17) is 4.74 Å². The van der Waals surface area contributed by atoms with Crippen molar-refractivity contribution in [3.05, 3.63) is 48.0 Å². The SMILES string of the molecule is C=CCCC1(C(C)(C)C)OCc2ccccc21. The van der Waals surface area contributed by atoms with Crippen molar-refractivity contribution in [3.63, 3.8) is 0 Å². The van der Waals surface area contributed by atoms with Gasteiger partial charge in [-0.05, 0) is 29.4 Å². The van der Waals surface area contributed by atoms with Crippen LogP contribution in [-0.4, -0.2) is 0 Å². The molecular formula is C16H22O. The minimum absolute atomic E-state index is 0.0998. The van der Waals surface area contributed by atoms with Crippen molar-refractivity contribution in [1.29, 1.82) is 0 Å². The lowest BCUT2D eigenvalue weighted by atomic mass is 9.69. The Morgan fingerprint density at radius 1 is 1.35 bits per heavy atom. The second-order valence-electron chi connectivity index (χ2n) is 5.85. The molecule has 2 rings (SSSR count). The molecule has 0 aliphatic carbocycles. The van der Waals surface area contributed by atoms with Gasteiger partial charge in [-0.2, -0.15) is 0 Å². The summed E-state index contributed by atoms with van der Waals surface area (Å²) in [7, 11) is 0. The van der Waals surface area contributed by atoms with Crippen LogP contribution in [0.25, 0.3) is 0 Å². The molecule has 92 valence electrons. The van der Waals surface area contributed by atoms with E-state index < -0.39 is 0 Å². The van der Waals surface area contributed by atoms with E-state index in [1.807, 2.05) is 6.08 Å². The Kier molecular flexibility index (Phi) is 3.13. The monoisotopic (exact) mass is 230 g/mol. The highest BCUT2D eigenvalue weighted by atomic mass is 16.5. The van der Waals surface area contributed by atoms with Gasteiger partial charge in [-0.3, -0.25) is 0 Å². The highest BCUT2D eigenvalue weighted by Crippen LogP contribution is 2.51. The first-order chi connectivity index (χ1) is 8.01. The Bertz CT molecular complexity index is 414. The average Bonchev–Trinajstić information content (AvgIpc) is 2.66. The molecule has 1 aliphatic heterocycles. The molecule has 0 saturated heterocycles. The molecule has 0 aromatic heterocycles. The number of ether oxygens (including phenoxy) is 1. The van der Waals surface area contributed by atoms with Crippen LogP contribution < -0.4 is 0 Å². The molecule has 0 radical (unpaired) electrons. The van der Waals surface area contributed by atoms with E-state index in [0.717, 1.165) is 19.4 Å². The van der Waals surface area contributed by atoms with E-state index in [0.29, 0.717) is 0 Å². The van der Waals surface area contributed by atoms with Gasteiger partial charge in [0.25, 0.3) is 0 Å². The van der Waals surface area contributed by atoms with Crippen LogP contribution in [0.4, 0.5) is 0 Å². The van der Waals surface area contributed by atoms with E-state index in [1.54, 1.807) is 0 Å². The fourth-order valence-electron chi connectivity index (χ4n) is 2.83. The molecule has 1 aliphatic rings. The highest BCUT2D eigenvalue weighted by molar-refractivity contribution is 5.37. The van der Waals surface area contributed by atoms with Crippen LogP contribution in [0.1, 0.15) is 44.7 Å². The van der Waals surface area contributed by atoms with Crippen LogP contribution in [0.5, 0.6) is 0 Å². The van der Waals surface area contributed by atoms with Crippen molar-refractivity contribution in [2.24, 2.45) is 5.41 Å². The first kappa shape index (κ1) is 12.4. The lowest BCUT2D eigenvalue weighted by molar-refractivity contribution is -0.118. The normalized spacial score (nSPS) is 23.5. The van der Waals surface area contributed by atoms with Crippen molar-refractivity contribution < 1.29 is 4.74 Å². The summed E-state index contributed by atoms with van der Waals surface area (Å²) in [5.74, 6) is 0. The van der Waals surface area contributed by atoms with Gasteiger partial charge < -0.3 is 4.74 Å². The largest absolute Gasteiger partial charge is 0.365 e. The first-order valence-electron chi connectivity index (χ1n) is 6.34. The molecule has 1 heterocycles. The Morgan fingerprint density at radius 2 is 2.06 bits per heavy atom. The maximum absolute atomic E-state index is 6.23. The second-order valence-corrected chi connectivity index (χ2v) is 5.85. The molecule has 0 amide bonds. The standard InChI is InChI=1S/C16H22O/c1-5-6-11-16(15(2,3)4)14-10-8-7-9-13(14)12-17-16/h5,7-10H,1,6,11-12H2,2-4H3. The Hall–Kier alpha value is -1.08. The van der Waals surface area contributed by atoms with Gasteiger partial charge >= 0.3 is 0 Å². The molecule has 1 aromatic carbocycles. The summed E-state index contributed by atoms with van der Waals surface area (Å²) in [5.41, 5.74) is 2.65. The number of fused-ring (bicyclic) bond motifs is 1. The molecule has 1 atom stereocenters.